The molecule has 0 amide bonds. The molecule has 2 nitrogen and oxygen atoms in total. The van der Waals surface area contributed by atoms with Crippen molar-refractivity contribution in [2.75, 3.05) is 6.54 Å². The third kappa shape index (κ3) is 3.09. The van der Waals surface area contributed by atoms with Crippen LogP contribution in [0.15, 0.2) is 48.5 Å². The Morgan fingerprint density at radius 3 is 2.50 bits per heavy atom. The molecule has 0 atom stereocenters. The van der Waals surface area contributed by atoms with Gasteiger partial charge in [0.2, 0.25) is 0 Å². The van der Waals surface area contributed by atoms with Gasteiger partial charge in [-0.25, -0.2) is 0 Å². The number of hydrogen-bond donors (Lipinski definition) is 1. The number of nitrogens with zero attached hydrogens (tertiary/aromatic N) is 1. The van der Waals surface area contributed by atoms with Crippen molar-refractivity contribution in [3.8, 4) is 0 Å². The van der Waals surface area contributed by atoms with Crippen LogP contribution in [-0.2, 0) is 26.1 Å². The molecule has 0 aromatic heterocycles. The van der Waals surface area contributed by atoms with Crippen LogP contribution in [0.5, 0.6) is 0 Å². The van der Waals surface area contributed by atoms with Crippen LogP contribution in [0.2, 0.25) is 0 Å². The minimum Gasteiger partial charge on any atom is -0.392 e. The molecule has 0 spiro atoms. The molecule has 1 N–H and O–H groups in total. The Morgan fingerprint density at radius 1 is 0.900 bits per heavy atom. The van der Waals surface area contributed by atoms with E-state index in [0.717, 1.165) is 31.6 Å². The lowest BCUT2D eigenvalue weighted by atomic mass is 10.1. The van der Waals surface area contributed by atoms with E-state index < -0.39 is 0 Å². The first kappa shape index (κ1) is 13.3. The summed E-state index contributed by atoms with van der Waals surface area (Å²) < 4.78 is 0. The molecule has 3 rings (SSSR count). The van der Waals surface area contributed by atoms with Crippen LogP contribution in [0.25, 0.3) is 0 Å². The number of aliphatic hydroxyl groups excluding tert-OH is 1. The molecule has 1 aliphatic rings. The van der Waals surface area contributed by atoms with Crippen LogP contribution in [0.4, 0.5) is 0 Å². The van der Waals surface area contributed by atoms with E-state index >= 15 is 0 Å². The summed E-state index contributed by atoms with van der Waals surface area (Å²) in [5.74, 6) is 0. The number of rotatable bonds is 5. The van der Waals surface area contributed by atoms with Crippen molar-refractivity contribution in [3.63, 3.8) is 0 Å². The molecule has 20 heavy (non-hydrogen) atoms. The van der Waals surface area contributed by atoms with Gasteiger partial charge in [0, 0.05) is 13.1 Å². The summed E-state index contributed by atoms with van der Waals surface area (Å²) >= 11 is 0. The molecule has 1 heterocycles. The van der Waals surface area contributed by atoms with Crippen molar-refractivity contribution in [2.24, 2.45) is 0 Å². The minimum atomic E-state index is 0.140. The summed E-state index contributed by atoms with van der Waals surface area (Å²) in [5, 5.41) is 9.19. The van der Waals surface area contributed by atoms with Gasteiger partial charge in [-0.15, -0.1) is 0 Å². The van der Waals surface area contributed by atoms with Gasteiger partial charge in [0.15, 0.2) is 0 Å². The van der Waals surface area contributed by atoms with Gasteiger partial charge in [-0.3, -0.25) is 4.90 Å². The quantitative estimate of drug-likeness (QED) is 0.899. The van der Waals surface area contributed by atoms with Crippen LogP contribution >= 0.6 is 0 Å². The molecule has 0 bridgehead atoms. The van der Waals surface area contributed by atoms with Gasteiger partial charge in [0.25, 0.3) is 0 Å². The van der Waals surface area contributed by atoms with Gasteiger partial charge in [-0.05, 0) is 41.6 Å². The molecule has 2 heteroatoms. The van der Waals surface area contributed by atoms with E-state index in [1.807, 2.05) is 6.07 Å². The maximum Gasteiger partial charge on any atom is 0.0681 e. The first-order chi connectivity index (χ1) is 9.85. The first-order valence-corrected chi connectivity index (χ1v) is 7.33. The zero-order chi connectivity index (χ0) is 13.8. The Labute approximate surface area is 120 Å². The van der Waals surface area contributed by atoms with Crippen molar-refractivity contribution in [1.29, 1.82) is 0 Å². The Morgan fingerprint density at radius 2 is 1.70 bits per heavy atom. The smallest absolute Gasteiger partial charge is 0.0681 e. The zero-order valence-electron chi connectivity index (χ0n) is 11.8. The largest absolute Gasteiger partial charge is 0.392 e. The average Bonchev–Trinajstić information content (AvgIpc) is 2.90. The van der Waals surface area contributed by atoms with Crippen LogP contribution < -0.4 is 0 Å². The van der Waals surface area contributed by atoms with Gasteiger partial charge in [0.05, 0.1) is 6.61 Å². The minimum absolute atomic E-state index is 0.140. The lowest BCUT2D eigenvalue weighted by Crippen LogP contribution is -2.18. The highest BCUT2D eigenvalue weighted by atomic mass is 16.3. The van der Waals surface area contributed by atoms with Gasteiger partial charge in [-0.1, -0.05) is 48.5 Å². The first-order valence-electron chi connectivity index (χ1n) is 7.33. The van der Waals surface area contributed by atoms with Crippen LogP contribution in [0.1, 0.15) is 28.7 Å². The third-order valence-electron chi connectivity index (χ3n) is 4.02. The van der Waals surface area contributed by atoms with E-state index in [0.29, 0.717) is 0 Å². The van der Waals surface area contributed by atoms with Crippen molar-refractivity contribution in [2.45, 2.75) is 32.5 Å². The van der Waals surface area contributed by atoms with E-state index in [4.69, 9.17) is 0 Å². The fourth-order valence-electron chi connectivity index (χ4n) is 2.93. The Kier molecular flexibility index (Phi) is 4.14. The maximum atomic E-state index is 9.19. The molecule has 1 aliphatic heterocycles. The highest BCUT2D eigenvalue weighted by Crippen LogP contribution is 2.24. The second kappa shape index (κ2) is 6.21. The normalized spacial score (nSPS) is 14.4. The number of aliphatic hydroxyl groups is 1. The molecular formula is C18H21NO. The fraction of sp³-hybridized carbons (Fsp3) is 0.333. The van der Waals surface area contributed by atoms with E-state index in [2.05, 4.69) is 47.4 Å². The topological polar surface area (TPSA) is 23.5 Å². The van der Waals surface area contributed by atoms with E-state index in [-0.39, 0.29) is 6.61 Å². The Bertz CT molecular complexity index is 565. The van der Waals surface area contributed by atoms with Gasteiger partial charge < -0.3 is 5.11 Å². The van der Waals surface area contributed by atoms with Crippen molar-refractivity contribution >= 4 is 0 Å². The Balaban J connectivity index is 1.51. The lowest BCUT2D eigenvalue weighted by molar-refractivity contribution is 0.278. The van der Waals surface area contributed by atoms with E-state index in [1.165, 1.54) is 23.1 Å². The molecule has 0 aliphatic carbocycles. The average molecular weight is 267 g/mol. The van der Waals surface area contributed by atoms with Crippen LogP contribution in [0.3, 0.4) is 0 Å². The van der Waals surface area contributed by atoms with Crippen LogP contribution in [0, 0.1) is 0 Å². The number of fused-ring (bicyclic) bond motifs is 1. The van der Waals surface area contributed by atoms with Gasteiger partial charge >= 0.3 is 0 Å². The second-order valence-corrected chi connectivity index (χ2v) is 5.56. The van der Waals surface area contributed by atoms with E-state index in [9.17, 15) is 5.11 Å². The summed E-state index contributed by atoms with van der Waals surface area (Å²) in [7, 11) is 0. The van der Waals surface area contributed by atoms with Crippen LogP contribution in [-0.4, -0.2) is 16.6 Å². The van der Waals surface area contributed by atoms with Crippen molar-refractivity contribution in [3.05, 3.63) is 70.8 Å². The third-order valence-corrected chi connectivity index (χ3v) is 4.02. The SMILES string of the molecule is OCc1ccc2c(c1)CN(CCCc1ccccc1)C2. The lowest BCUT2D eigenvalue weighted by Gasteiger charge is -2.14. The molecule has 0 saturated heterocycles. The highest BCUT2D eigenvalue weighted by molar-refractivity contribution is 5.34. The molecule has 104 valence electrons. The summed E-state index contributed by atoms with van der Waals surface area (Å²) in [6.07, 6.45) is 2.35. The van der Waals surface area contributed by atoms with Gasteiger partial charge in [0.1, 0.15) is 0 Å². The second-order valence-electron chi connectivity index (χ2n) is 5.56. The number of hydrogen-bond acceptors (Lipinski definition) is 2. The summed E-state index contributed by atoms with van der Waals surface area (Å²) in [5.41, 5.74) is 5.25. The maximum absolute atomic E-state index is 9.19. The van der Waals surface area contributed by atoms with Crippen molar-refractivity contribution in [1.82, 2.24) is 4.90 Å². The molecule has 0 saturated carbocycles. The van der Waals surface area contributed by atoms with Gasteiger partial charge in [-0.2, -0.15) is 0 Å². The molecule has 2 aromatic carbocycles. The predicted molar refractivity (Wildman–Crippen MR) is 81.2 cm³/mol. The fourth-order valence-corrected chi connectivity index (χ4v) is 2.93. The summed E-state index contributed by atoms with van der Waals surface area (Å²) in [4.78, 5) is 2.49. The summed E-state index contributed by atoms with van der Waals surface area (Å²) in [6, 6.07) is 17.0. The number of benzene rings is 2. The van der Waals surface area contributed by atoms with Crippen molar-refractivity contribution < 1.29 is 5.11 Å². The monoisotopic (exact) mass is 267 g/mol. The summed E-state index contributed by atoms with van der Waals surface area (Å²) in [6.45, 7) is 3.35. The molecular weight excluding hydrogens is 246 g/mol. The van der Waals surface area contributed by atoms with E-state index in [1.54, 1.807) is 0 Å². The Hall–Kier alpha value is -1.64. The standard InChI is InChI=1S/C18H21NO/c20-14-16-8-9-17-12-19(13-18(17)11-16)10-4-7-15-5-2-1-3-6-15/h1-3,5-6,8-9,11,20H,4,7,10,12-14H2. The zero-order valence-corrected chi connectivity index (χ0v) is 11.8. The molecule has 0 fully saturated rings. The predicted octanol–water partition coefficient (Wildman–Crippen LogP) is 3.13. The molecule has 0 unspecified atom stereocenters. The molecule has 2 aromatic rings. The molecule has 0 radical (unpaired) electrons. The highest BCUT2D eigenvalue weighted by Gasteiger charge is 2.18. The number of aryl methyl sites for hydroxylation is 1.